The molecule has 0 radical (unpaired) electrons. The number of rotatable bonds is 4. The molecule has 142 valence electrons. The highest BCUT2D eigenvalue weighted by Gasteiger charge is 2.23. The monoisotopic (exact) mass is 378 g/mol. The third-order valence-corrected chi connectivity index (χ3v) is 4.84. The summed E-state index contributed by atoms with van der Waals surface area (Å²) in [6.07, 6.45) is 5.02. The number of benzene rings is 1. The lowest BCUT2D eigenvalue weighted by atomic mass is 9.92. The molecule has 0 unspecified atom stereocenters. The van der Waals surface area contributed by atoms with Crippen LogP contribution in [0.2, 0.25) is 0 Å². The van der Waals surface area contributed by atoms with E-state index in [1.54, 1.807) is 0 Å². The number of carbonyl (C=O) groups excluding carboxylic acids is 1. The maximum Gasteiger partial charge on any atom is 0.275 e. The first-order valence-electron chi connectivity index (χ1n) is 8.89. The van der Waals surface area contributed by atoms with Gasteiger partial charge in [-0.3, -0.25) is 4.79 Å². The van der Waals surface area contributed by atoms with Crippen LogP contribution < -0.4 is 11.1 Å². The largest absolute Gasteiger partial charge is 0.504 e. The first kappa shape index (κ1) is 20.3. The Hall–Kier alpha value is -2.05. The zero-order valence-corrected chi connectivity index (χ0v) is 16.0. The SMILES string of the molecule is CC(C)c1ccc(-n2cc(O)c(C(=O)NC3CCC(N)CC3)n2)cc1.Cl. The van der Waals surface area contributed by atoms with E-state index in [2.05, 4.69) is 24.3 Å². The van der Waals surface area contributed by atoms with Gasteiger partial charge in [-0.05, 0) is 49.3 Å². The highest BCUT2D eigenvalue weighted by atomic mass is 35.5. The van der Waals surface area contributed by atoms with Gasteiger partial charge in [0.1, 0.15) is 0 Å². The Labute approximate surface area is 160 Å². The summed E-state index contributed by atoms with van der Waals surface area (Å²) in [6, 6.07) is 8.27. The average molecular weight is 379 g/mol. The van der Waals surface area contributed by atoms with Crippen molar-refractivity contribution >= 4 is 18.3 Å². The van der Waals surface area contributed by atoms with Crippen LogP contribution in [0.5, 0.6) is 5.75 Å². The van der Waals surface area contributed by atoms with E-state index < -0.39 is 0 Å². The van der Waals surface area contributed by atoms with E-state index in [0.29, 0.717) is 5.92 Å². The quantitative estimate of drug-likeness (QED) is 0.761. The number of halogens is 1. The maximum atomic E-state index is 12.4. The molecular formula is C19H27ClN4O2. The van der Waals surface area contributed by atoms with Crippen molar-refractivity contribution in [3.63, 3.8) is 0 Å². The minimum absolute atomic E-state index is 0. The number of aromatic nitrogens is 2. The molecule has 1 amide bonds. The molecule has 3 rings (SSSR count). The molecule has 26 heavy (non-hydrogen) atoms. The van der Waals surface area contributed by atoms with Crippen molar-refractivity contribution in [2.45, 2.75) is 57.5 Å². The van der Waals surface area contributed by atoms with Gasteiger partial charge >= 0.3 is 0 Å². The van der Waals surface area contributed by atoms with Gasteiger partial charge in [-0.15, -0.1) is 12.4 Å². The number of hydrogen-bond acceptors (Lipinski definition) is 4. The fourth-order valence-corrected chi connectivity index (χ4v) is 3.19. The van der Waals surface area contributed by atoms with Crippen LogP contribution in [0.3, 0.4) is 0 Å². The highest BCUT2D eigenvalue weighted by Crippen LogP contribution is 2.22. The Morgan fingerprint density at radius 3 is 2.42 bits per heavy atom. The van der Waals surface area contributed by atoms with E-state index >= 15 is 0 Å². The van der Waals surface area contributed by atoms with Crippen LogP contribution in [-0.4, -0.2) is 32.9 Å². The molecule has 1 fully saturated rings. The van der Waals surface area contributed by atoms with Gasteiger partial charge in [0, 0.05) is 12.1 Å². The molecule has 0 atom stereocenters. The van der Waals surface area contributed by atoms with Crippen molar-refractivity contribution in [3.05, 3.63) is 41.7 Å². The predicted molar refractivity (Wildman–Crippen MR) is 104 cm³/mol. The van der Waals surface area contributed by atoms with Gasteiger partial charge in [0.15, 0.2) is 11.4 Å². The summed E-state index contributed by atoms with van der Waals surface area (Å²) in [4.78, 5) is 12.4. The van der Waals surface area contributed by atoms with Crippen LogP contribution in [0.25, 0.3) is 5.69 Å². The van der Waals surface area contributed by atoms with Gasteiger partial charge in [0.05, 0.1) is 11.9 Å². The molecule has 2 aromatic rings. The first-order chi connectivity index (χ1) is 11.9. The molecule has 4 N–H and O–H groups in total. The second-order valence-corrected chi connectivity index (χ2v) is 7.14. The van der Waals surface area contributed by atoms with Gasteiger partial charge in [0.25, 0.3) is 5.91 Å². The van der Waals surface area contributed by atoms with Gasteiger partial charge in [-0.2, -0.15) is 5.10 Å². The molecule has 1 aliphatic carbocycles. The Morgan fingerprint density at radius 1 is 1.23 bits per heavy atom. The molecule has 1 aromatic carbocycles. The molecule has 0 bridgehead atoms. The number of nitrogens with one attached hydrogen (secondary N) is 1. The maximum absolute atomic E-state index is 12.4. The van der Waals surface area contributed by atoms with Crippen molar-refractivity contribution in [2.24, 2.45) is 5.73 Å². The molecule has 1 saturated carbocycles. The predicted octanol–water partition coefficient (Wildman–Crippen LogP) is 3.12. The van der Waals surface area contributed by atoms with E-state index in [1.165, 1.54) is 16.4 Å². The lowest BCUT2D eigenvalue weighted by Gasteiger charge is -2.26. The third kappa shape index (κ3) is 4.56. The number of hydrogen-bond donors (Lipinski definition) is 3. The van der Waals surface area contributed by atoms with Crippen molar-refractivity contribution in [2.75, 3.05) is 0 Å². The van der Waals surface area contributed by atoms with Crippen molar-refractivity contribution in [1.82, 2.24) is 15.1 Å². The molecule has 6 nitrogen and oxygen atoms in total. The Balaban J connectivity index is 0.00000243. The smallest absolute Gasteiger partial charge is 0.275 e. The van der Waals surface area contributed by atoms with E-state index in [0.717, 1.165) is 31.4 Å². The van der Waals surface area contributed by atoms with E-state index in [-0.39, 0.29) is 41.8 Å². The lowest BCUT2D eigenvalue weighted by Crippen LogP contribution is -2.40. The van der Waals surface area contributed by atoms with Crippen LogP contribution in [0.1, 0.15) is 61.5 Å². The van der Waals surface area contributed by atoms with Crippen LogP contribution in [0.4, 0.5) is 0 Å². The fourth-order valence-electron chi connectivity index (χ4n) is 3.19. The summed E-state index contributed by atoms with van der Waals surface area (Å²) in [5, 5.41) is 17.3. The second-order valence-electron chi connectivity index (χ2n) is 7.14. The van der Waals surface area contributed by atoms with E-state index in [9.17, 15) is 9.90 Å². The summed E-state index contributed by atoms with van der Waals surface area (Å²) in [5.41, 5.74) is 7.99. The third-order valence-electron chi connectivity index (χ3n) is 4.84. The minimum atomic E-state index is -0.337. The molecule has 1 aromatic heterocycles. The van der Waals surface area contributed by atoms with Crippen molar-refractivity contribution in [1.29, 1.82) is 0 Å². The van der Waals surface area contributed by atoms with Gasteiger partial charge in [-0.1, -0.05) is 26.0 Å². The summed E-state index contributed by atoms with van der Waals surface area (Å²) < 4.78 is 1.53. The highest BCUT2D eigenvalue weighted by molar-refractivity contribution is 5.95. The summed E-state index contributed by atoms with van der Waals surface area (Å²) in [6.45, 7) is 4.27. The summed E-state index contributed by atoms with van der Waals surface area (Å²) in [7, 11) is 0. The standard InChI is InChI=1S/C19H26N4O2.ClH/c1-12(2)13-3-9-16(10-4-13)23-11-17(24)18(22-23)19(25)21-15-7-5-14(20)6-8-15;/h3-4,9-12,14-15,24H,5-8,20H2,1-2H3,(H,21,25);1H. The first-order valence-corrected chi connectivity index (χ1v) is 8.89. The second kappa shape index (κ2) is 8.56. The summed E-state index contributed by atoms with van der Waals surface area (Å²) in [5.74, 6) is -0.00139. The molecule has 1 aliphatic rings. The molecule has 7 heteroatoms. The Kier molecular flexibility index (Phi) is 6.67. The fraction of sp³-hybridized carbons (Fsp3) is 0.474. The molecular weight excluding hydrogens is 352 g/mol. The molecule has 0 saturated heterocycles. The average Bonchev–Trinajstić information content (AvgIpc) is 2.99. The minimum Gasteiger partial charge on any atom is -0.504 e. The Bertz CT molecular complexity index is 734. The van der Waals surface area contributed by atoms with E-state index in [1.807, 2.05) is 24.3 Å². The molecule has 0 spiro atoms. The van der Waals surface area contributed by atoms with Crippen LogP contribution in [0, 0.1) is 0 Å². The zero-order chi connectivity index (χ0) is 18.0. The van der Waals surface area contributed by atoms with Crippen LogP contribution in [0.15, 0.2) is 30.5 Å². The van der Waals surface area contributed by atoms with Gasteiger partial charge in [0.2, 0.25) is 0 Å². The number of nitrogens with two attached hydrogens (primary N) is 1. The number of amides is 1. The number of aromatic hydroxyl groups is 1. The number of carbonyl (C=O) groups is 1. The van der Waals surface area contributed by atoms with Crippen LogP contribution in [-0.2, 0) is 0 Å². The van der Waals surface area contributed by atoms with Crippen LogP contribution >= 0.6 is 12.4 Å². The number of nitrogens with zero attached hydrogens (tertiary/aromatic N) is 2. The summed E-state index contributed by atoms with van der Waals surface area (Å²) >= 11 is 0. The normalized spacial score (nSPS) is 19.8. The lowest BCUT2D eigenvalue weighted by molar-refractivity contribution is 0.0917. The van der Waals surface area contributed by atoms with Gasteiger partial charge in [-0.25, -0.2) is 4.68 Å². The zero-order valence-electron chi connectivity index (χ0n) is 15.2. The molecule has 0 aliphatic heterocycles. The van der Waals surface area contributed by atoms with Gasteiger partial charge < -0.3 is 16.2 Å². The Morgan fingerprint density at radius 2 is 1.85 bits per heavy atom. The van der Waals surface area contributed by atoms with Crippen molar-refractivity contribution < 1.29 is 9.90 Å². The molecule has 1 heterocycles. The topological polar surface area (TPSA) is 93.2 Å². The van der Waals surface area contributed by atoms with Crippen molar-refractivity contribution in [3.8, 4) is 11.4 Å². The van der Waals surface area contributed by atoms with E-state index in [4.69, 9.17) is 5.73 Å².